The van der Waals surface area contributed by atoms with E-state index in [4.69, 9.17) is 0 Å². The molecule has 2 fully saturated rings. The van der Waals surface area contributed by atoms with E-state index in [-0.39, 0.29) is 0 Å². The Labute approximate surface area is 117 Å². The van der Waals surface area contributed by atoms with Crippen LogP contribution in [0, 0.1) is 0 Å². The fraction of sp³-hybridized carbons (Fsp3) is 0.867. The molecule has 4 heteroatoms. The highest BCUT2D eigenvalue weighted by Crippen LogP contribution is 2.10. The molecular formula is C15H28N2O2. The molecular weight excluding hydrogens is 240 g/mol. The predicted octanol–water partition coefficient (Wildman–Crippen LogP) is 2.43. The molecule has 2 saturated heterocycles. The van der Waals surface area contributed by atoms with E-state index >= 15 is 0 Å². The average Bonchev–Trinajstić information content (AvgIpc) is 2.72. The summed E-state index contributed by atoms with van der Waals surface area (Å²) >= 11 is 0. The molecule has 0 aromatic rings. The Morgan fingerprint density at radius 3 is 2.05 bits per heavy atom. The smallest absolute Gasteiger partial charge is 0.222 e. The maximum atomic E-state index is 11.2. The Bertz CT molecular complexity index is 292. The van der Waals surface area contributed by atoms with Crippen LogP contribution in [0.3, 0.4) is 0 Å². The fourth-order valence-electron chi connectivity index (χ4n) is 2.49. The highest BCUT2D eigenvalue weighted by atomic mass is 16.2. The van der Waals surface area contributed by atoms with Gasteiger partial charge in [0.05, 0.1) is 0 Å². The molecule has 0 aliphatic carbocycles. The number of nitrogens with zero attached hydrogens (tertiary/aromatic N) is 2. The lowest BCUT2D eigenvalue weighted by Gasteiger charge is -2.17. The van der Waals surface area contributed by atoms with Gasteiger partial charge in [-0.05, 0) is 32.6 Å². The molecule has 0 aromatic carbocycles. The van der Waals surface area contributed by atoms with Crippen molar-refractivity contribution in [1.82, 2.24) is 9.80 Å². The van der Waals surface area contributed by atoms with Crippen molar-refractivity contribution in [3.05, 3.63) is 0 Å². The van der Waals surface area contributed by atoms with Crippen molar-refractivity contribution in [1.29, 1.82) is 0 Å². The fourth-order valence-corrected chi connectivity index (χ4v) is 2.49. The van der Waals surface area contributed by atoms with E-state index < -0.39 is 0 Å². The molecule has 0 unspecified atom stereocenters. The van der Waals surface area contributed by atoms with Crippen molar-refractivity contribution < 1.29 is 9.59 Å². The number of rotatable bonds is 1. The van der Waals surface area contributed by atoms with Crippen molar-refractivity contribution in [2.24, 2.45) is 0 Å². The third-order valence-electron chi connectivity index (χ3n) is 3.86. The first kappa shape index (κ1) is 16.0. The van der Waals surface area contributed by atoms with Crippen LogP contribution in [0.25, 0.3) is 0 Å². The van der Waals surface area contributed by atoms with Crippen molar-refractivity contribution in [3.8, 4) is 0 Å². The molecule has 4 nitrogen and oxygen atoms in total. The van der Waals surface area contributed by atoms with Crippen molar-refractivity contribution in [3.63, 3.8) is 0 Å². The van der Waals surface area contributed by atoms with Crippen LogP contribution in [0.1, 0.15) is 58.3 Å². The highest BCUT2D eigenvalue weighted by Gasteiger charge is 2.13. The van der Waals surface area contributed by atoms with Crippen molar-refractivity contribution in [2.75, 3.05) is 26.7 Å². The number of carbonyl (C=O) groups is 2. The molecule has 0 atom stereocenters. The average molecular weight is 268 g/mol. The van der Waals surface area contributed by atoms with Gasteiger partial charge in [0.15, 0.2) is 0 Å². The maximum absolute atomic E-state index is 11.2. The zero-order chi connectivity index (χ0) is 14.1. The second kappa shape index (κ2) is 8.94. The lowest BCUT2D eigenvalue weighted by molar-refractivity contribution is -0.130. The van der Waals surface area contributed by atoms with E-state index in [1.165, 1.54) is 25.7 Å². The first-order valence-corrected chi connectivity index (χ1v) is 7.67. The lowest BCUT2D eigenvalue weighted by Crippen LogP contribution is -2.29. The molecule has 0 aromatic heterocycles. The van der Waals surface area contributed by atoms with Crippen LogP contribution in [0.15, 0.2) is 0 Å². The topological polar surface area (TPSA) is 40.6 Å². The van der Waals surface area contributed by atoms with Gasteiger partial charge >= 0.3 is 0 Å². The monoisotopic (exact) mass is 268 g/mol. The van der Waals surface area contributed by atoms with Gasteiger partial charge in [0.25, 0.3) is 0 Å². The van der Waals surface area contributed by atoms with E-state index in [0.717, 1.165) is 45.3 Å². The molecule has 2 aliphatic rings. The predicted molar refractivity (Wildman–Crippen MR) is 76.8 cm³/mol. The van der Waals surface area contributed by atoms with Crippen LogP contribution in [0.5, 0.6) is 0 Å². The SMILES string of the molecule is CCN1CCCCCC1=O.CN1CCCCCC1=O. The van der Waals surface area contributed by atoms with Gasteiger partial charge in [-0.1, -0.05) is 12.8 Å². The van der Waals surface area contributed by atoms with Gasteiger partial charge in [0.1, 0.15) is 0 Å². The van der Waals surface area contributed by atoms with Gasteiger partial charge in [0.2, 0.25) is 11.8 Å². The Kier molecular flexibility index (Phi) is 7.53. The van der Waals surface area contributed by atoms with Gasteiger partial charge in [-0.15, -0.1) is 0 Å². The summed E-state index contributed by atoms with van der Waals surface area (Å²) in [5.74, 6) is 0.660. The molecule has 2 aliphatic heterocycles. The summed E-state index contributed by atoms with van der Waals surface area (Å²) in [5.41, 5.74) is 0. The van der Waals surface area contributed by atoms with Crippen LogP contribution < -0.4 is 0 Å². The van der Waals surface area contributed by atoms with E-state index in [9.17, 15) is 9.59 Å². The minimum absolute atomic E-state index is 0.313. The molecule has 0 saturated carbocycles. The summed E-state index contributed by atoms with van der Waals surface area (Å²) in [4.78, 5) is 25.9. The minimum atomic E-state index is 0.313. The lowest BCUT2D eigenvalue weighted by atomic mass is 10.2. The molecule has 19 heavy (non-hydrogen) atoms. The summed E-state index contributed by atoms with van der Waals surface area (Å²) in [6, 6.07) is 0. The first-order chi connectivity index (χ1) is 9.15. The molecule has 0 radical (unpaired) electrons. The molecule has 110 valence electrons. The van der Waals surface area contributed by atoms with Gasteiger partial charge in [-0.2, -0.15) is 0 Å². The summed E-state index contributed by atoms with van der Waals surface area (Å²) < 4.78 is 0. The summed E-state index contributed by atoms with van der Waals surface area (Å²) in [7, 11) is 1.88. The second-order valence-electron chi connectivity index (χ2n) is 5.41. The van der Waals surface area contributed by atoms with Gasteiger partial charge in [-0.3, -0.25) is 9.59 Å². The Morgan fingerprint density at radius 1 is 0.842 bits per heavy atom. The van der Waals surface area contributed by atoms with Crippen molar-refractivity contribution >= 4 is 11.8 Å². The minimum Gasteiger partial charge on any atom is -0.346 e. The standard InChI is InChI=1S/C8H15NO.C7H13NO/c1-2-9-7-5-3-4-6-8(9)10;1-8-6-4-2-3-5-7(8)9/h2-7H2,1H3;2-6H2,1H3. The van der Waals surface area contributed by atoms with Crippen LogP contribution in [0.2, 0.25) is 0 Å². The Hall–Kier alpha value is -1.06. The summed E-state index contributed by atoms with van der Waals surface area (Å²) in [6.45, 7) is 4.87. The zero-order valence-electron chi connectivity index (χ0n) is 12.5. The van der Waals surface area contributed by atoms with E-state index in [0.29, 0.717) is 11.8 Å². The van der Waals surface area contributed by atoms with Crippen LogP contribution >= 0.6 is 0 Å². The summed E-state index contributed by atoms with van der Waals surface area (Å²) in [6.07, 6.45) is 8.53. The number of hydrogen-bond donors (Lipinski definition) is 0. The van der Waals surface area contributed by atoms with E-state index in [1.54, 1.807) is 0 Å². The largest absolute Gasteiger partial charge is 0.346 e. The maximum Gasteiger partial charge on any atom is 0.222 e. The third kappa shape index (κ3) is 6.08. The Morgan fingerprint density at radius 2 is 1.42 bits per heavy atom. The van der Waals surface area contributed by atoms with Gasteiger partial charge < -0.3 is 9.80 Å². The molecule has 0 spiro atoms. The molecule has 2 amide bonds. The third-order valence-corrected chi connectivity index (χ3v) is 3.86. The van der Waals surface area contributed by atoms with E-state index in [2.05, 4.69) is 0 Å². The summed E-state index contributed by atoms with van der Waals surface area (Å²) in [5, 5.41) is 0. The van der Waals surface area contributed by atoms with Crippen LogP contribution in [-0.2, 0) is 9.59 Å². The molecule has 0 bridgehead atoms. The van der Waals surface area contributed by atoms with Crippen LogP contribution in [-0.4, -0.2) is 48.3 Å². The van der Waals surface area contributed by atoms with Gasteiger partial charge in [0, 0.05) is 39.5 Å². The van der Waals surface area contributed by atoms with E-state index in [1.807, 2.05) is 23.8 Å². The van der Waals surface area contributed by atoms with Crippen molar-refractivity contribution in [2.45, 2.75) is 58.3 Å². The number of likely N-dealkylation sites (tertiary alicyclic amines) is 2. The number of amides is 2. The normalized spacial score (nSPS) is 21.4. The first-order valence-electron chi connectivity index (χ1n) is 7.67. The quantitative estimate of drug-likeness (QED) is 0.733. The number of carbonyl (C=O) groups excluding carboxylic acids is 2. The number of hydrogen-bond acceptors (Lipinski definition) is 2. The van der Waals surface area contributed by atoms with Gasteiger partial charge in [-0.25, -0.2) is 0 Å². The molecule has 0 N–H and O–H groups in total. The highest BCUT2D eigenvalue weighted by molar-refractivity contribution is 5.76. The molecule has 2 heterocycles. The molecule has 2 rings (SSSR count). The Balaban J connectivity index is 0.000000191. The van der Waals surface area contributed by atoms with Crippen LogP contribution in [0.4, 0.5) is 0 Å². The zero-order valence-corrected chi connectivity index (χ0v) is 12.5. The second-order valence-corrected chi connectivity index (χ2v) is 5.41.